The Morgan fingerprint density at radius 1 is 1.04 bits per heavy atom. The minimum atomic E-state index is -1.37. The summed E-state index contributed by atoms with van der Waals surface area (Å²) in [6.45, 7) is 3.57. The van der Waals surface area contributed by atoms with Gasteiger partial charge in [0.15, 0.2) is 0 Å². The number of carbonyl (C=O) groups is 3. The van der Waals surface area contributed by atoms with Crippen molar-refractivity contribution in [3.63, 3.8) is 0 Å². The normalized spacial score (nSPS) is 24.9. The predicted molar refractivity (Wildman–Crippen MR) is 89.7 cm³/mol. The molecule has 0 saturated carbocycles. The van der Waals surface area contributed by atoms with Crippen LogP contribution in [0.2, 0.25) is 0 Å². The third-order valence-corrected chi connectivity index (χ3v) is 4.39. The Kier molecular flexibility index (Phi) is 8.48. The van der Waals surface area contributed by atoms with Gasteiger partial charge in [-0.05, 0) is 45.4 Å². The van der Waals surface area contributed by atoms with E-state index in [4.69, 9.17) is 9.47 Å². The Labute approximate surface area is 148 Å². The second kappa shape index (κ2) is 9.84. The maximum Gasteiger partial charge on any atom is 0.340 e. The quantitative estimate of drug-likeness (QED) is 0.517. The van der Waals surface area contributed by atoms with Crippen molar-refractivity contribution in [2.45, 2.75) is 64.1 Å². The van der Waals surface area contributed by atoms with Crippen molar-refractivity contribution < 1.29 is 23.9 Å². The van der Waals surface area contributed by atoms with Gasteiger partial charge in [0, 0.05) is 18.5 Å². The Morgan fingerprint density at radius 3 is 2.00 bits per heavy atom. The summed E-state index contributed by atoms with van der Waals surface area (Å²) < 4.78 is 9.68. The predicted octanol–water partition coefficient (Wildman–Crippen LogP) is 0.940. The summed E-state index contributed by atoms with van der Waals surface area (Å²) >= 11 is 0. The summed E-state index contributed by atoms with van der Waals surface area (Å²) in [5, 5.41) is 6.00. The number of nitrogens with one attached hydrogen (secondary N) is 2. The smallest absolute Gasteiger partial charge is 0.340 e. The van der Waals surface area contributed by atoms with Gasteiger partial charge in [0.25, 0.3) is 0 Å². The highest BCUT2D eigenvalue weighted by Crippen LogP contribution is 2.32. The minimum Gasteiger partial charge on any atom is -0.464 e. The molecular weight excluding hydrogens is 336 g/mol. The summed E-state index contributed by atoms with van der Waals surface area (Å²) in [5.74, 6) is -1.56. The van der Waals surface area contributed by atoms with E-state index in [0.717, 1.165) is 25.7 Å². The van der Waals surface area contributed by atoms with Crippen LogP contribution >= 0.6 is 12.4 Å². The molecule has 2 aliphatic heterocycles. The number of ether oxygens (including phenoxy) is 2. The van der Waals surface area contributed by atoms with E-state index in [0.29, 0.717) is 24.4 Å². The molecular formula is C16H27ClN2O5. The largest absolute Gasteiger partial charge is 0.464 e. The molecule has 2 fully saturated rings. The van der Waals surface area contributed by atoms with Crippen molar-refractivity contribution in [2.75, 3.05) is 13.2 Å². The van der Waals surface area contributed by atoms with Crippen molar-refractivity contribution >= 4 is 30.3 Å². The van der Waals surface area contributed by atoms with Crippen LogP contribution < -0.4 is 10.6 Å². The molecule has 0 spiro atoms. The summed E-state index contributed by atoms with van der Waals surface area (Å²) in [7, 11) is 0. The zero-order chi connectivity index (χ0) is 16.8. The van der Waals surface area contributed by atoms with Crippen molar-refractivity contribution in [1.82, 2.24) is 10.6 Å². The Bertz CT molecular complexity index is 430. The lowest BCUT2D eigenvalue weighted by molar-refractivity contribution is -0.159. The molecule has 2 aliphatic rings. The summed E-state index contributed by atoms with van der Waals surface area (Å²) in [6.07, 6.45) is 4.58. The highest BCUT2D eigenvalue weighted by molar-refractivity contribution is 6.02. The first kappa shape index (κ1) is 20.7. The van der Waals surface area contributed by atoms with Gasteiger partial charge >= 0.3 is 11.9 Å². The third-order valence-electron chi connectivity index (χ3n) is 4.39. The van der Waals surface area contributed by atoms with Crippen LogP contribution in [0.1, 0.15) is 46.0 Å². The summed E-state index contributed by atoms with van der Waals surface area (Å²) in [5.41, 5.74) is 0. The van der Waals surface area contributed by atoms with Crippen molar-refractivity contribution in [1.29, 1.82) is 0 Å². The number of hydrogen-bond acceptors (Lipinski definition) is 6. The van der Waals surface area contributed by atoms with Gasteiger partial charge in [0.05, 0.1) is 13.2 Å². The summed E-state index contributed by atoms with van der Waals surface area (Å²) in [4.78, 5) is 35.9. The molecule has 2 N–H and O–H groups in total. The lowest BCUT2D eigenvalue weighted by Gasteiger charge is -2.29. The van der Waals surface area contributed by atoms with Gasteiger partial charge in [-0.2, -0.15) is 0 Å². The van der Waals surface area contributed by atoms with Crippen molar-refractivity contribution in [3.8, 4) is 0 Å². The van der Waals surface area contributed by atoms with E-state index in [-0.39, 0.29) is 31.5 Å². The summed E-state index contributed by atoms with van der Waals surface area (Å²) in [6, 6.07) is -0.379. The number of fused-ring (bicyclic) bond motifs is 2. The van der Waals surface area contributed by atoms with Crippen LogP contribution in [0.4, 0.5) is 0 Å². The number of rotatable bonds is 7. The number of esters is 2. The first-order valence-corrected chi connectivity index (χ1v) is 8.42. The van der Waals surface area contributed by atoms with Gasteiger partial charge in [-0.15, -0.1) is 12.4 Å². The number of hydrogen-bond donors (Lipinski definition) is 2. The van der Waals surface area contributed by atoms with E-state index in [9.17, 15) is 14.4 Å². The van der Waals surface area contributed by atoms with E-state index in [1.54, 1.807) is 13.8 Å². The lowest BCUT2D eigenvalue weighted by atomic mass is 9.89. The van der Waals surface area contributed by atoms with E-state index >= 15 is 0 Å². The molecule has 0 aromatic heterocycles. The van der Waals surface area contributed by atoms with Gasteiger partial charge < -0.3 is 20.1 Å². The average molecular weight is 363 g/mol. The molecule has 2 rings (SSSR count). The zero-order valence-electron chi connectivity index (χ0n) is 14.2. The van der Waals surface area contributed by atoms with Crippen LogP contribution in [0, 0.1) is 5.92 Å². The SMILES string of the molecule is CCOC(=O)C(NC(=O)CC1CC2CCC(C1)N2)C(=O)OCC.Cl. The first-order chi connectivity index (χ1) is 11.0. The molecule has 0 aromatic rings. The molecule has 138 valence electrons. The minimum absolute atomic E-state index is 0. The number of amides is 1. The van der Waals surface area contributed by atoms with E-state index in [2.05, 4.69) is 10.6 Å². The van der Waals surface area contributed by atoms with Crippen LogP contribution in [-0.2, 0) is 23.9 Å². The Hall–Kier alpha value is -1.34. The monoisotopic (exact) mass is 362 g/mol. The van der Waals surface area contributed by atoms with Gasteiger partial charge in [0.1, 0.15) is 0 Å². The van der Waals surface area contributed by atoms with Crippen LogP contribution in [0.15, 0.2) is 0 Å². The van der Waals surface area contributed by atoms with Crippen molar-refractivity contribution in [3.05, 3.63) is 0 Å². The molecule has 0 aromatic carbocycles. The highest BCUT2D eigenvalue weighted by Gasteiger charge is 2.36. The fraction of sp³-hybridized carbons (Fsp3) is 0.812. The van der Waals surface area contributed by atoms with Crippen LogP contribution in [-0.4, -0.2) is 49.2 Å². The second-order valence-electron chi connectivity index (χ2n) is 6.18. The van der Waals surface area contributed by atoms with Crippen LogP contribution in [0.25, 0.3) is 0 Å². The molecule has 2 heterocycles. The van der Waals surface area contributed by atoms with Crippen LogP contribution in [0.5, 0.6) is 0 Å². The number of carbonyl (C=O) groups excluding carboxylic acids is 3. The van der Waals surface area contributed by atoms with Gasteiger partial charge in [0.2, 0.25) is 11.9 Å². The molecule has 0 radical (unpaired) electrons. The van der Waals surface area contributed by atoms with E-state index in [1.165, 1.54) is 0 Å². The van der Waals surface area contributed by atoms with Gasteiger partial charge in [-0.1, -0.05) is 0 Å². The first-order valence-electron chi connectivity index (χ1n) is 8.42. The maximum absolute atomic E-state index is 12.2. The maximum atomic E-state index is 12.2. The molecule has 1 amide bonds. The van der Waals surface area contributed by atoms with E-state index in [1.807, 2.05) is 0 Å². The Morgan fingerprint density at radius 2 is 1.54 bits per heavy atom. The molecule has 8 heteroatoms. The standard InChI is InChI=1S/C16H26N2O5.ClH/c1-3-22-15(20)14(16(21)23-4-2)18-13(19)9-10-7-11-5-6-12(8-10)17-11;/h10-12,14,17H,3-9H2,1-2H3,(H,18,19);1H. The molecule has 2 atom stereocenters. The molecule has 0 aliphatic carbocycles. The molecule has 2 saturated heterocycles. The van der Waals surface area contributed by atoms with Gasteiger partial charge in [-0.25, -0.2) is 9.59 Å². The van der Waals surface area contributed by atoms with Crippen LogP contribution in [0.3, 0.4) is 0 Å². The topological polar surface area (TPSA) is 93.7 Å². The number of piperidine rings is 1. The zero-order valence-corrected chi connectivity index (χ0v) is 15.0. The molecule has 7 nitrogen and oxygen atoms in total. The molecule has 24 heavy (non-hydrogen) atoms. The highest BCUT2D eigenvalue weighted by atomic mass is 35.5. The third kappa shape index (κ3) is 5.63. The second-order valence-corrected chi connectivity index (χ2v) is 6.18. The number of halogens is 1. The fourth-order valence-corrected chi connectivity index (χ4v) is 3.49. The van der Waals surface area contributed by atoms with E-state index < -0.39 is 18.0 Å². The van der Waals surface area contributed by atoms with Crippen molar-refractivity contribution in [2.24, 2.45) is 5.92 Å². The lowest BCUT2D eigenvalue weighted by Crippen LogP contribution is -2.49. The average Bonchev–Trinajstić information content (AvgIpc) is 2.84. The molecule has 2 bridgehead atoms. The molecule has 2 unspecified atom stereocenters. The van der Waals surface area contributed by atoms with Gasteiger partial charge in [-0.3, -0.25) is 4.79 Å². The fourth-order valence-electron chi connectivity index (χ4n) is 3.49. The Balaban J connectivity index is 0.00000288.